The van der Waals surface area contributed by atoms with E-state index in [2.05, 4.69) is 0 Å². The Hall–Kier alpha value is -1.48. The Labute approximate surface area is 79.5 Å². The molecule has 0 aliphatic heterocycles. The lowest BCUT2D eigenvalue weighted by Gasteiger charge is -2.01. The van der Waals surface area contributed by atoms with Gasteiger partial charge in [-0.05, 0) is 12.1 Å². The lowest BCUT2D eigenvalue weighted by atomic mass is 10.2. The van der Waals surface area contributed by atoms with Crippen LogP contribution in [0.5, 0.6) is 0 Å². The highest BCUT2D eigenvalue weighted by Crippen LogP contribution is 2.19. The van der Waals surface area contributed by atoms with Gasteiger partial charge in [0.15, 0.2) is 15.7 Å². The fourth-order valence-corrected chi connectivity index (χ4v) is 1.67. The van der Waals surface area contributed by atoms with E-state index >= 15 is 0 Å². The van der Waals surface area contributed by atoms with Crippen molar-refractivity contribution in [2.45, 2.75) is 4.90 Å². The summed E-state index contributed by atoms with van der Waals surface area (Å²) in [6, 6.07) is 2.80. The van der Waals surface area contributed by atoms with Gasteiger partial charge in [0, 0.05) is 6.26 Å². The number of hydrogen-bond donors (Lipinski definition) is 0. The van der Waals surface area contributed by atoms with Crippen molar-refractivity contribution in [3.05, 3.63) is 29.3 Å². The molecule has 1 rings (SSSR count). The maximum absolute atomic E-state index is 13.2. The van der Waals surface area contributed by atoms with Crippen molar-refractivity contribution in [1.82, 2.24) is 0 Å². The second-order valence-corrected chi connectivity index (χ2v) is 4.60. The summed E-state index contributed by atoms with van der Waals surface area (Å²) in [4.78, 5) is -0.671. The second-order valence-electron chi connectivity index (χ2n) is 2.62. The topological polar surface area (TPSA) is 57.9 Å². The van der Waals surface area contributed by atoms with Crippen molar-refractivity contribution >= 4 is 9.84 Å². The number of rotatable bonds is 1. The van der Waals surface area contributed by atoms with Crippen LogP contribution in [0, 0.1) is 23.0 Å². The maximum atomic E-state index is 13.2. The fourth-order valence-electron chi connectivity index (χ4n) is 0.922. The number of nitrogens with zero attached hydrogens (tertiary/aromatic N) is 1. The molecule has 0 aromatic heterocycles. The molecule has 6 heteroatoms. The van der Waals surface area contributed by atoms with E-state index in [1.165, 1.54) is 6.07 Å². The summed E-state index contributed by atoms with van der Waals surface area (Å²) < 4.78 is 47.9. The summed E-state index contributed by atoms with van der Waals surface area (Å²) in [6.07, 6.45) is 0.782. The van der Waals surface area contributed by atoms with Gasteiger partial charge in [-0.15, -0.1) is 0 Å². The van der Waals surface area contributed by atoms with Gasteiger partial charge in [0.2, 0.25) is 0 Å². The van der Waals surface area contributed by atoms with Crippen molar-refractivity contribution in [3.8, 4) is 6.07 Å². The van der Waals surface area contributed by atoms with Crippen LogP contribution in [0.3, 0.4) is 0 Å². The van der Waals surface area contributed by atoms with Crippen molar-refractivity contribution in [2.75, 3.05) is 6.26 Å². The number of hydrogen-bond acceptors (Lipinski definition) is 3. The Morgan fingerprint density at radius 2 is 1.93 bits per heavy atom. The van der Waals surface area contributed by atoms with Crippen LogP contribution in [0.4, 0.5) is 8.78 Å². The van der Waals surface area contributed by atoms with Crippen LogP contribution in [-0.4, -0.2) is 14.7 Å². The summed E-state index contributed by atoms with van der Waals surface area (Å²) in [5, 5.41) is 8.36. The highest BCUT2D eigenvalue weighted by molar-refractivity contribution is 7.90. The first-order valence-electron chi connectivity index (χ1n) is 3.46. The molecular formula is C8H5F2NO2S. The van der Waals surface area contributed by atoms with Crippen molar-refractivity contribution < 1.29 is 17.2 Å². The van der Waals surface area contributed by atoms with Gasteiger partial charge in [-0.3, -0.25) is 0 Å². The smallest absolute Gasteiger partial charge is 0.178 e. The molecule has 74 valence electrons. The Bertz CT molecular complexity index is 517. The molecular weight excluding hydrogens is 212 g/mol. The van der Waals surface area contributed by atoms with Crippen LogP contribution in [-0.2, 0) is 9.84 Å². The molecule has 14 heavy (non-hydrogen) atoms. The number of nitriles is 1. The standard InChI is InChI=1S/C8H5F2NO2S/c1-14(12,13)7-3-2-6(9)5(4-11)8(7)10/h2-3H,1H3. The number of sulfone groups is 1. The van der Waals surface area contributed by atoms with Gasteiger partial charge in [0.05, 0.1) is 0 Å². The second kappa shape index (κ2) is 3.35. The maximum Gasteiger partial charge on any atom is 0.178 e. The van der Waals surface area contributed by atoms with Gasteiger partial charge in [-0.2, -0.15) is 5.26 Å². The molecule has 0 aliphatic carbocycles. The van der Waals surface area contributed by atoms with Crippen LogP contribution in [0.25, 0.3) is 0 Å². The molecule has 0 aliphatic rings. The number of halogens is 2. The Balaban J connectivity index is 3.62. The molecule has 0 saturated heterocycles. The van der Waals surface area contributed by atoms with Gasteiger partial charge >= 0.3 is 0 Å². The summed E-state index contributed by atoms with van der Waals surface area (Å²) >= 11 is 0. The average molecular weight is 217 g/mol. The first kappa shape index (κ1) is 10.6. The first-order chi connectivity index (χ1) is 6.38. The minimum atomic E-state index is -3.78. The summed E-state index contributed by atoms with van der Waals surface area (Å²) in [5.41, 5.74) is -0.882. The summed E-state index contributed by atoms with van der Waals surface area (Å²) in [6.45, 7) is 0. The Morgan fingerprint density at radius 1 is 1.36 bits per heavy atom. The summed E-state index contributed by atoms with van der Waals surface area (Å²) in [5.74, 6) is -2.41. The van der Waals surface area contributed by atoms with E-state index in [-0.39, 0.29) is 0 Å². The molecule has 3 nitrogen and oxygen atoms in total. The van der Waals surface area contributed by atoms with E-state index in [9.17, 15) is 17.2 Å². The lowest BCUT2D eigenvalue weighted by molar-refractivity contribution is 0.546. The van der Waals surface area contributed by atoms with Gasteiger partial charge in [-0.25, -0.2) is 17.2 Å². The van der Waals surface area contributed by atoms with Crippen LogP contribution in [0.2, 0.25) is 0 Å². The fraction of sp³-hybridized carbons (Fsp3) is 0.125. The molecule has 0 fully saturated rings. The SMILES string of the molecule is CS(=O)(=O)c1ccc(F)c(C#N)c1F. The molecule has 0 radical (unpaired) electrons. The minimum absolute atomic E-state index is 0.671. The zero-order chi connectivity index (χ0) is 10.9. The molecule has 0 spiro atoms. The third-order valence-electron chi connectivity index (χ3n) is 1.57. The predicted molar refractivity (Wildman–Crippen MR) is 44.2 cm³/mol. The molecule has 0 unspecified atom stereocenters. The predicted octanol–water partition coefficient (Wildman–Crippen LogP) is 1.24. The normalized spacial score (nSPS) is 11.0. The molecule has 0 amide bonds. The molecule has 1 aromatic rings. The Morgan fingerprint density at radius 3 is 2.36 bits per heavy atom. The van der Waals surface area contributed by atoms with Crippen molar-refractivity contribution in [1.29, 1.82) is 5.26 Å². The highest BCUT2D eigenvalue weighted by atomic mass is 32.2. The first-order valence-corrected chi connectivity index (χ1v) is 5.35. The van der Waals surface area contributed by atoms with Gasteiger partial charge < -0.3 is 0 Å². The van der Waals surface area contributed by atoms with Crippen LogP contribution >= 0.6 is 0 Å². The third-order valence-corrected chi connectivity index (χ3v) is 2.68. The van der Waals surface area contributed by atoms with Crippen LogP contribution < -0.4 is 0 Å². The average Bonchev–Trinajstić information content (AvgIpc) is 2.02. The molecule has 0 atom stereocenters. The van der Waals surface area contributed by atoms with Gasteiger partial charge in [0.1, 0.15) is 22.3 Å². The van der Waals surface area contributed by atoms with E-state index in [1.54, 1.807) is 0 Å². The quantitative estimate of drug-likeness (QED) is 0.665. The van der Waals surface area contributed by atoms with E-state index in [4.69, 9.17) is 5.26 Å². The zero-order valence-electron chi connectivity index (χ0n) is 7.08. The van der Waals surface area contributed by atoms with Gasteiger partial charge in [0.25, 0.3) is 0 Å². The van der Waals surface area contributed by atoms with Crippen LogP contribution in [0.1, 0.15) is 5.56 Å². The third kappa shape index (κ3) is 1.72. The Kier molecular flexibility index (Phi) is 2.53. The van der Waals surface area contributed by atoms with Gasteiger partial charge in [-0.1, -0.05) is 0 Å². The highest BCUT2D eigenvalue weighted by Gasteiger charge is 2.19. The molecule has 1 aromatic carbocycles. The van der Waals surface area contributed by atoms with E-state index in [0.717, 1.165) is 18.4 Å². The molecule has 0 saturated carbocycles. The zero-order valence-corrected chi connectivity index (χ0v) is 7.90. The summed E-state index contributed by atoms with van der Waals surface area (Å²) in [7, 11) is -3.78. The van der Waals surface area contributed by atoms with E-state index in [1.807, 2.05) is 0 Å². The largest absolute Gasteiger partial charge is 0.224 e. The molecule has 0 N–H and O–H groups in total. The van der Waals surface area contributed by atoms with Crippen LogP contribution in [0.15, 0.2) is 17.0 Å². The molecule has 0 heterocycles. The van der Waals surface area contributed by atoms with E-state index in [0.29, 0.717) is 0 Å². The number of benzene rings is 1. The lowest BCUT2D eigenvalue weighted by Crippen LogP contribution is -2.04. The van der Waals surface area contributed by atoms with E-state index < -0.39 is 31.9 Å². The molecule has 0 bridgehead atoms. The van der Waals surface area contributed by atoms with Crippen molar-refractivity contribution in [2.24, 2.45) is 0 Å². The monoisotopic (exact) mass is 217 g/mol. The minimum Gasteiger partial charge on any atom is -0.224 e. The van der Waals surface area contributed by atoms with Crippen molar-refractivity contribution in [3.63, 3.8) is 0 Å².